The zero-order chi connectivity index (χ0) is 15.0. The minimum Gasteiger partial charge on any atom is -0.490 e. The largest absolute Gasteiger partial charge is 0.490 e. The van der Waals surface area contributed by atoms with Crippen molar-refractivity contribution in [3.05, 3.63) is 23.8 Å². The lowest BCUT2D eigenvalue weighted by atomic mass is 9.90. The van der Waals surface area contributed by atoms with E-state index in [2.05, 4.69) is 12.2 Å². The Morgan fingerprint density at radius 2 is 2.29 bits per heavy atom. The molecule has 3 rings (SSSR count). The molecular formula is C16H22N2O3. The molecule has 5 nitrogen and oxygen atoms in total. The van der Waals surface area contributed by atoms with Crippen molar-refractivity contribution in [3.8, 4) is 11.5 Å². The van der Waals surface area contributed by atoms with Gasteiger partial charge in [-0.25, -0.2) is 4.79 Å². The number of hydrogen-bond donors (Lipinski definition) is 1. The molecule has 0 radical (unpaired) electrons. The fraction of sp³-hybridized carbons (Fsp3) is 0.562. The molecule has 1 aromatic rings. The van der Waals surface area contributed by atoms with Crippen LogP contribution in [0.4, 0.5) is 4.79 Å². The summed E-state index contributed by atoms with van der Waals surface area (Å²) in [6.45, 7) is 7.27. The fourth-order valence-corrected chi connectivity index (χ4v) is 3.23. The lowest BCUT2D eigenvalue weighted by molar-refractivity contribution is -0.0851. The summed E-state index contributed by atoms with van der Waals surface area (Å²) in [5.74, 6) is 1.51. The van der Waals surface area contributed by atoms with E-state index < -0.39 is 5.72 Å². The highest BCUT2D eigenvalue weighted by atomic mass is 16.5. The summed E-state index contributed by atoms with van der Waals surface area (Å²) in [5.41, 5.74) is 0.395. The van der Waals surface area contributed by atoms with Crippen LogP contribution in [0.1, 0.15) is 45.2 Å². The molecule has 2 aliphatic heterocycles. The van der Waals surface area contributed by atoms with E-state index in [1.54, 1.807) is 4.90 Å². The Kier molecular flexibility index (Phi) is 3.43. The van der Waals surface area contributed by atoms with Gasteiger partial charge in [0.05, 0.1) is 12.6 Å². The Balaban J connectivity index is 2.03. The summed E-state index contributed by atoms with van der Waals surface area (Å²) in [6.07, 6.45) is 1.65. The van der Waals surface area contributed by atoms with E-state index >= 15 is 0 Å². The van der Waals surface area contributed by atoms with Crippen LogP contribution in [0.25, 0.3) is 0 Å². The van der Waals surface area contributed by atoms with Crippen LogP contribution in [-0.2, 0) is 0 Å². The van der Waals surface area contributed by atoms with Gasteiger partial charge in [-0.05, 0) is 26.3 Å². The predicted octanol–water partition coefficient (Wildman–Crippen LogP) is 3.06. The number of ether oxygens (including phenoxy) is 2. The lowest BCUT2D eigenvalue weighted by Crippen LogP contribution is -2.64. The first-order chi connectivity index (χ1) is 10.1. The van der Waals surface area contributed by atoms with E-state index in [1.165, 1.54) is 0 Å². The van der Waals surface area contributed by atoms with Gasteiger partial charge in [0, 0.05) is 18.5 Å². The average molecular weight is 290 g/mol. The van der Waals surface area contributed by atoms with Gasteiger partial charge in [-0.1, -0.05) is 19.1 Å². The van der Waals surface area contributed by atoms with Crippen molar-refractivity contribution >= 4 is 6.03 Å². The van der Waals surface area contributed by atoms with Gasteiger partial charge in [-0.15, -0.1) is 0 Å². The van der Waals surface area contributed by atoms with Crippen LogP contribution >= 0.6 is 0 Å². The van der Waals surface area contributed by atoms with Crippen LogP contribution < -0.4 is 14.8 Å². The molecule has 0 spiro atoms. The van der Waals surface area contributed by atoms with Crippen LogP contribution in [-0.4, -0.2) is 29.8 Å². The van der Waals surface area contributed by atoms with Gasteiger partial charge in [0.25, 0.3) is 0 Å². The van der Waals surface area contributed by atoms with Crippen molar-refractivity contribution in [1.29, 1.82) is 0 Å². The Bertz CT molecular complexity index is 560. The maximum atomic E-state index is 12.3. The first kappa shape index (κ1) is 14.0. The first-order valence-electron chi connectivity index (χ1n) is 7.62. The van der Waals surface area contributed by atoms with Crippen LogP contribution in [0.3, 0.4) is 0 Å². The van der Waals surface area contributed by atoms with E-state index in [-0.39, 0.29) is 12.1 Å². The molecule has 1 fully saturated rings. The highest BCUT2D eigenvalue weighted by molar-refractivity contribution is 5.77. The minimum absolute atomic E-state index is 0.0141. The van der Waals surface area contributed by atoms with Crippen molar-refractivity contribution in [3.63, 3.8) is 0 Å². The molecule has 0 aromatic heterocycles. The Morgan fingerprint density at radius 1 is 1.48 bits per heavy atom. The first-order valence-corrected chi connectivity index (χ1v) is 7.62. The smallest absolute Gasteiger partial charge is 0.320 e. The number of carbonyl (C=O) groups is 1. The second kappa shape index (κ2) is 5.13. The van der Waals surface area contributed by atoms with Crippen molar-refractivity contribution in [1.82, 2.24) is 10.2 Å². The number of para-hydroxylation sites is 1. The second-order valence-corrected chi connectivity index (χ2v) is 5.74. The highest BCUT2D eigenvalue weighted by Gasteiger charge is 2.49. The zero-order valence-electron chi connectivity index (χ0n) is 12.8. The molecule has 2 bridgehead atoms. The molecule has 5 heteroatoms. The number of fused-ring (bicyclic) bond motifs is 4. The quantitative estimate of drug-likeness (QED) is 0.927. The van der Waals surface area contributed by atoms with Crippen molar-refractivity contribution in [2.24, 2.45) is 0 Å². The number of nitrogens with one attached hydrogen (secondary N) is 1. The van der Waals surface area contributed by atoms with Gasteiger partial charge in [0.2, 0.25) is 0 Å². The van der Waals surface area contributed by atoms with E-state index in [0.29, 0.717) is 13.2 Å². The molecule has 1 N–H and O–H groups in total. The molecule has 1 saturated heterocycles. The molecule has 114 valence electrons. The van der Waals surface area contributed by atoms with Gasteiger partial charge in [0.15, 0.2) is 17.2 Å². The molecular weight excluding hydrogens is 268 g/mol. The number of hydrogen-bond acceptors (Lipinski definition) is 3. The molecule has 1 aromatic carbocycles. The number of nitrogens with zero attached hydrogens (tertiary/aromatic N) is 1. The molecule has 2 heterocycles. The van der Waals surface area contributed by atoms with Gasteiger partial charge in [-0.2, -0.15) is 0 Å². The molecule has 2 amide bonds. The third-order valence-corrected chi connectivity index (χ3v) is 4.15. The fourth-order valence-electron chi connectivity index (χ4n) is 3.23. The lowest BCUT2D eigenvalue weighted by Gasteiger charge is -2.50. The summed E-state index contributed by atoms with van der Waals surface area (Å²) in [6, 6.07) is 5.79. The van der Waals surface area contributed by atoms with Crippen molar-refractivity contribution in [2.45, 2.75) is 45.4 Å². The van der Waals surface area contributed by atoms with E-state index in [0.717, 1.165) is 29.9 Å². The van der Waals surface area contributed by atoms with Crippen LogP contribution in [0.2, 0.25) is 0 Å². The molecule has 2 atom stereocenters. The Labute approximate surface area is 125 Å². The Morgan fingerprint density at radius 3 is 3.00 bits per heavy atom. The standard InChI is InChI=1S/C16H22N2O3/c1-4-9-18-15(19)17-12-10-16(18,3)21-14-11(12)7-6-8-13(14)20-5-2/h6-8,12H,4-5,9-10H2,1-3H3,(H,17,19). The minimum atomic E-state index is -0.608. The monoisotopic (exact) mass is 290 g/mol. The number of rotatable bonds is 4. The molecule has 2 unspecified atom stereocenters. The third-order valence-electron chi connectivity index (χ3n) is 4.15. The van der Waals surface area contributed by atoms with Gasteiger partial charge >= 0.3 is 6.03 Å². The highest BCUT2D eigenvalue weighted by Crippen LogP contribution is 2.47. The predicted molar refractivity (Wildman–Crippen MR) is 79.5 cm³/mol. The van der Waals surface area contributed by atoms with Crippen LogP contribution in [0, 0.1) is 0 Å². The zero-order valence-corrected chi connectivity index (χ0v) is 12.8. The SMILES string of the molecule is CCCN1C(=O)NC2CC1(C)Oc1c(OCC)cccc12. The maximum Gasteiger partial charge on any atom is 0.320 e. The summed E-state index contributed by atoms with van der Waals surface area (Å²) < 4.78 is 11.9. The number of urea groups is 1. The van der Waals surface area contributed by atoms with Gasteiger partial charge in [-0.3, -0.25) is 4.90 Å². The summed E-state index contributed by atoms with van der Waals surface area (Å²) in [4.78, 5) is 14.1. The van der Waals surface area contributed by atoms with Gasteiger partial charge < -0.3 is 14.8 Å². The summed E-state index contributed by atoms with van der Waals surface area (Å²) >= 11 is 0. The maximum absolute atomic E-state index is 12.3. The average Bonchev–Trinajstić information content (AvgIpc) is 2.44. The Hall–Kier alpha value is -1.91. The normalized spacial score (nSPS) is 26.7. The molecule has 2 aliphatic rings. The molecule has 0 saturated carbocycles. The summed E-state index contributed by atoms with van der Waals surface area (Å²) in [5, 5.41) is 3.08. The van der Waals surface area contributed by atoms with Crippen LogP contribution in [0.15, 0.2) is 18.2 Å². The van der Waals surface area contributed by atoms with Crippen molar-refractivity contribution < 1.29 is 14.3 Å². The second-order valence-electron chi connectivity index (χ2n) is 5.74. The summed E-state index contributed by atoms with van der Waals surface area (Å²) in [7, 11) is 0. The topological polar surface area (TPSA) is 50.8 Å². The molecule has 0 aliphatic carbocycles. The van der Waals surface area contributed by atoms with E-state index in [9.17, 15) is 4.79 Å². The van der Waals surface area contributed by atoms with Gasteiger partial charge in [0.1, 0.15) is 0 Å². The van der Waals surface area contributed by atoms with E-state index in [4.69, 9.17) is 9.47 Å². The van der Waals surface area contributed by atoms with E-state index in [1.807, 2.05) is 32.0 Å². The number of benzene rings is 1. The third kappa shape index (κ3) is 2.20. The van der Waals surface area contributed by atoms with Crippen molar-refractivity contribution in [2.75, 3.05) is 13.2 Å². The molecule has 21 heavy (non-hydrogen) atoms. The number of carbonyl (C=O) groups excluding carboxylic acids is 1. The number of amides is 2. The van der Waals surface area contributed by atoms with Crippen LogP contribution in [0.5, 0.6) is 11.5 Å².